The van der Waals surface area contributed by atoms with Gasteiger partial charge in [-0.2, -0.15) is 0 Å². The van der Waals surface area contributed by atoms with E-state index in [1.165, 1.54) is 48.1 Å². The van der Waals surface area contributed by atoms with Crippen LogP contribution in [0, 0.1) is 0 Å². The number of fused-ring (bicyclic) bond motifs is 2. The number of nitrogen functional groups attached to an aromatic ring is 1. The molecule has 0 spiro atoms. The Bertz CT molecular complexity index is 1500. The molecule has 1 fully saturated rings. The monoisotopic (exact) mass is 599 g/mol. The number of nitrogens with two attached hydrogens (primary N) is 1. The van der Waals surface area contributed by atoms with Crippen molar-refractivity contribution in [1.29, 1.82) is 0 Å². The molecule has 1 aromatic carbocycles. The van der Waals surface area contributed by atoms with Gasteiger partial charge in [-0.15, -0.1) is 23.1 Å². The minimum atomic E-state index is -1.51. The number of oxime groups is 1. The molecule has 4 heterocycles. The summed E-state index contributed by atoms with van der Waals surface area (Å²) in [6.45, 7) is 0. The van der Waals surface area contributed by atoms with Crippen molar-refractivity contribution < 1.29 is 64.1 Å². The molecule has 5 rings (SSSR count). The van der Waals surface area contributed by atoms with Crippen molar-refractivity contribution in [1.82, 2.24) is 25.2 Å². The van der Waals surface area contributed by atoms with Crippen LogP contribution in [-0.4, -0.2) is 83.6 Å². The van der Waals surface area contributed by atoms with Gasteiger partial charge in [0.1, 0.15) is 24.2 Å². The minimum absolute atomic E-state index is 0. The van der Waals surface area contributed by atoms with Crippen LogP contribution in [0.1, 0.15) is 5.69 Å². The van der Waals surface area contributed by atoms with E-state index in [2.05, 4.69) is 25.4 Å². The zero-order chi connectivity index (χ0) is 27.1. The number of amides is 2. The van der Waals surface area contributed by atoms with Gasteiger partial charge in [0.25, 0.3) is 11.8 Å². The van der Waals surface area contributed by atoms with Gasteiger partial charge < -0.3 is 41.0 Å². The number of aromatic nitrogens is 3. The summed E-state index contributed by atoms with van der Waals surface area (Å²) in [7, 11) is 1.26. The second-order valence-electron chi connectivity index (χ2n) is 7.98. The van der Waals surface area contributed by atoms with Gasteiger partial charge in [0.05, 0.1) is 22.7 Å². The number of aromatic amines is 1. The fourth-order valence-corrected chi connectivity index (χ4v) is 6.84. The molecule has 0 bridgehead atoms. The number of phenolic OH excluding ortho intramolecular Hbond substituents is 2. The number of carboxylic acids is 1. The number of carboxylic acid groups (broad SMARTS) is 1. The van der Waals surface area contributed by atoms with Crippen LogP contribution in [0.3, 0.4) is 0 Å². The Morgan fingerprint density at radius 1 is 1.36 bits per heavy atom. The standard InChI is InChI=1S/C21H19N7O7S3.Na/c1-35-27-13(10-6-37-20(22)23-10)16(31)26-14-17(32)28-15(19(33)34)7(4-36-18(14)28)5-38-21-24-8-2-11(29)12(30)3-9(8)25-21;/h2-3,6,14,18,29-30H,4-5H2,1H3,(H2,22,23)(H,24,25)(H,26,31)(H,33,34);/q;+1/p-1/b27-13-;/t14-,18-;/m1./s1. The number of rotatable bonds is 8. The number of aliphatic carboxylic acids is 1. The smallest absolute Gasteiger partial charge is 0.543 e. The number of anilines is 1. The Labute approximate surface area is 254 Å². The first-order chi connectivity index (χ1) is 18.2. The predicted molar refractivity (Wildman–Crippen MR) is 137 cm³/mol. The molecule has 2 aliphatic heterocycles. The number of thiazole rings is 1. The van der Waals surface area contributed by atoms with Crippen molar-refractivity contribution in [2.24, 2.45) is 5.16 Å². The molecule has 18 heteroatoms. The quantitative estimate of drug-likeness (QED) is 0.0427. The van der Waals surface area contributed by atoms with Crippen molar-refractivity contribution in [2.45, 2.75) is 16.6 Å². The van der Waals surface area contributed by atoms with Crippen LogP contribution in [-0.2, 0) is 19.2 Å². The van der Waals surface area contributed by atoms with Gasteiger partial charge in [0, 0.05) is 29.0 Å². The molecule has 2 aromatic heterocycles. The Morgan fingerprint density at radius 2 is 2.10 bits per heavy atom. The van der Waals surface area contributed by atoms with E-state index in [1.54, 1.807) is 0 Å². The number of hydrogen-bond donors (Lipinski definition) is 5. The number of carbonyl (C=O) groups is 3. The second kappa shape index (κ2) is 11.6. The van der Waals surface area contributed by atoms with E-state index >= 15 is 0 Å². The van der Waals surface area contributed by atoms with Gasteiger partial charge in [-0.05, 0) is 5.57 Å². The molecular formula is C21H18N7NaO7S3. The van der Waals surface area contributed by atoms with Crippen LogP contribution in [0.2, 0.25) is 0 Å². The van der Waals surface area contributed by atoms with E-state index in [0.29, 0.717) is 21.8 Å². The van der Waals surface area contributed by atoms with Gasteiger partial charge in [-0.3, -0.25) is 14.5 Å². The first-order valence-corrected chi connectivity index (χ1v) is 13.6. The summed E-state index contributed by atoms with van der Waals surface area (Å²) in [4.78, 5) is 55.0. The fourth-order valence-electron chi connectivity index (χ4n) is 3.92. The van der Waals surface area contributed by atoms with Crippen molar-refractivity contribution in [3.8, 4) is 11.5 Å². The minimum Gasteiger partial charge on any atom is -0.543 e. The Kier molecular flexibility index (Phi) is 8.67. The first-order valence-electron chi connectivity index (χ1n) is 10.7. The summed E-state index contributed by atoms with van der Waals surface area (Å²) in [5.41, 5.74) is 6.74. The number of carbonyl (C=O) groups excluding carboxylic acids is 3. The number of imidazole rings is 1. The summed E-state index contributed by atoms with van der Waals surface area (Å²) in [5, 5.41) is 39.1. The van der Waals surface area contributed by atoms with Gasteiger partial charge in [0.2, 0.25) is 0 Å². The normalized spacial score (nSPS) is 18.8. The van der Waals surface area contributed by atoms with Crippen LogP contribution >= 0.6 is 34.9 Å². The third kappa shape index (κ3) is 5.55. The number of benzene rings is 1. The van der Waals surface area contributed by atoms with Crippen molar-refractivity contribution in [3.63, 3.8) is 0 Å². The molecule has 2 atom stereocenters. The predicted octanol–water partition coefficient (Wildman–Crippen LogP) is -3.44. The van der Waals surface area contributed by atoms with Gasteiger partial charge in [-0.25, -0.2) is 9.97 Å². The molecule has 39 heavy (non-hydrogen) atoms. The summed E-state index contributed by atoms with van der Waals surface area (Å²) < 4.78 is 0. The van der Waals surface area contributed by atoms with E-state index in [0.717, 1.165) is 16.2 Å². The van der Waals surface area contributed by atoms with E-state index in [1.807, 2.05) is 0 Å². The zero-order valence-electron chi connectivity index (χ0n) is 20.3. The maximum Gasteiger partial charge on any atom is 1.00 e. The SMILES string of the molecule is CO/N=C(\C(=O)N[C@@H]1C(=O)N2C(C(=O)[O-])=C(CSc3nc4cc(O)c(O)cc4[nH]3)CS[C@H]12)c1csc(N)n1.[Na+]. The molecule has 2 amide bonds. The van der Waals surface area contributed by atoms with Crippen LogP contribution < -0.4 is 45.7 Å². The molecule has 6 N–H and O–H groups in total. The molecule has 2 aliphatic rings. The molecule has 3 aromatic rings. The largest absolute Gasteiger partial charge is 1.00 e. The number of hydrogen-bond acceptors (Lipinski definition) is 14. The Morgan fingerprint density at radius 3 is 2.77 bits per heavy atom. The van der Waals surface area contributed by atoms with Crippen LogP contribution in [0.25, 0.3) is 11.0 Å². The molecule has 0 saturated carbocycles. The topological polar surface area (TPSA) is 219 Å². The molecule has 0 radical (unpaired) electrons. The van der Waals surface area contributed by atoms with E-state index in [4.69, 9.17) is 10.6 Å². The molecule has 0 unspecified atom stereocenters. The molecule has 198 valence electrons. The van der Waals surface area contributed by atoms with Gasteiger partial charge in [0.15, 0.2) is 27.5 Å². The van der Waals surface area contributed by atoms with E-state index in [9.17, 15) is 29.7 Å². The molecule has 1 saturated heterocycles. The number of phenols is 2. The summed E-state index contributed by atoms with van der Waals surface area (Å²) in [5.74, 6) is -3.02. The number of nitrogens with zero attached hydrogens (tertiary/aromatic N) is 4. The van der Waals surface area contributed by atoms with Crippen LogP contribution in [0.15, 0.2) is 39.1 Å². The van der Waals surface area contributed by atoms with Crippen molar-refractivity contribution in [2.75, 3.05) is 24.3 Å². The third-order valence-corrected chi connectivity index (χ3v) is 8.60. The summed E-state index contributed by atoms with van der Waals surface area (Å²) in [6, 6.07) is 1.63. The molecule has 0 aliphatic carbocycles. The average molecular weight is 600 g/mol. The summed E-state index contributed by atoms with van der Waals surface area (Å²) >= 11 is 3.58. The first kappa shape index (κ1) is 29.0. The van der Waals surface area contributed by atoms with Crippen LogP contribution in [0.4, 0.5) is 5.13 Å². The van der Waals surface area contributed by atoms with E-state index < -0.39 is 29.2 Å². The third-order valence-electron chi connectivity index (χ3n) is 5.63. The number of thioether (sulfide) groups is 2. The fraction of sp³-hybridized carbons (Fsp3) is 0.238. The maximum atomic E-state index is 13.0. The van der Waals surface area contributed by atoms with Crippen molar-refractivity contribution >= 4 is 74.5 Å². The number of nitrogens with one attached hydrogen (secondary N) is 2. The van der Waals surface area contributed by atoms with E-state index in [-0.39, 0.29) is 74.8 Å². The second-order valence-corrected chi connectivity index (χ2v) is 10.9. The number of aromatic hydroxyl groups is 2. The maximum absolute atomic E-state index is 13.0. The number of H-pyrrole nitrogens is 1. The zero-order valence-corrected chi connectivity index (χ0v) is 24.8. The molecular weight excluding hydrogens is 581 g/mol. The summed E-state index contributed by atoms with van der Waals surface area (Å²) in [6.07, 6.45) is 0. The Hall–Kier alpha value is -2.96. The van der Waals surface area contributed by atoms with Crippen molar-refractivity contribution in [3.05, 3.63) is 34.5 Å². The Balaban J connectivity index is 0.00000353. The van der Waals surface area contributed by atoms with Gasteiger partial charge in [-0.1, -0.05) is 16.9 Å². The average Bonchev–Trinajstić information content (AvgIpc) is 3.49. The van der Waals surface area contributed by atoms with Gasteiger partial charge >= 0.3 is 29.6 Å². The molecule has 14 nitrogen and oxygen atoms in total. The number of β-lactam (4-membered cyclic amide) rings is 1. The van der Waals surface area contributed by atoms with Crippen LogP contribution in [0.5, 0.6) is 11.5 Å².